The Kier molecular flexibility index (Phi) is 5.77. The molecule has 1 saturated heterocycles. The first-order valence-corrected chi connectivity index (χ1v) is 8.84. The minimum Gasteiger partial charge on any atom is -0.508 e. The molecule has 138 valence electrons. The summed E-state index contributed by atoms with van der Waals surface area (Å²) in [5.41, 5.74) is 1.35. The van der Waals surface area contributed by atoms with Crippen molar-refractivity contribution in [1.29, 1.82) is 0 Å². The smallest absolute Gasteiger partial charge is 0.306 e. The lowest BCUT2D eigenvalue weighted by Gasteiger charge is -2.04. The molecule has 2 aromatic carbocycles. The molecule has 1 fully saturated rings. The fraction of sp³-hybridized carbons (Fsp3) is 0.105. The number of nitrogens with one attached hydrogen (secondary N) is 1. The van der Waals surface area contributed by atoms with E-state index < -0.39 is 5.97 Å². The summed E-state index contributed by atoms with van der Waals surface area (Å²) in [6.07, 6.45) is 1.66. The number of benzene rings is 2. The average molecular weight is 384 g/mol. The van der Waals surface area contributed by atoms with Crippen LogP contribution in [0.4, 0.5) is 5.69 Å². The number of amides is 1. The van der Waals surface area contributed by atoms with Crippen molar-refractivity contribution in [1.82, 2.24) is 5.32 Å². The van der Waals surface area contributed by atoms with E-state index in [1.807, 2.05) is 0 Å². The topological polar surface area (TPSA) is 108 Å². The van der Waals surface area contributed by atoms with Crippen LogP contribution in [-0.4, -0.2) is 33.9 Å². The molecule has 27 heavy (non-hydrogen) atoms. The van der Waals surface area contributed by atoms with Crippen LogP contribution in [-0.2, 0) is 9.59 Å². The predicted octanol–water partition coefficient (Wildman–Crippen LogP) is 3.14. The van der Waals surface area contributed by atoms with Gasteiger partial charge in [0, 0.05) is 6.07 Å². The van der Waals surface area contributed by atoms with Crippen molar-refractivity contribution in [3.05, 3.63) is 59.0 Å². The molecule has 0 aliphatic carbocycles. The number of aromatic hydroxyl groups is 1. The molecule has 0 atom stereocenters. The van der Waals surface area contributed by atoms with Crippen LogP contribution in [0.2, 0.25) is 0 Å². The number of carbonyl (C=O) groups excluding carboxylic acids is 1. The fourth-order valence-electron chi connectivity index (χ4n) is 2.23. The van der Waals surface area contributed by atoms with Crippen LogP contribution in [0.3, 0.4) is 0 Å². The van der Waals surface area contributed by atoms with Crippen LogP contribution in [0.1, 0.15) is 12.0 Å². The van der Waals surface area contributed by atoms with Gasteiger partial charge in [0.25, 0.3) is 5.91 Å². The maximum absolute atomic E-state index is 12.1. The van der Waals surface area contributed by atoms with Crippen LogP contribution < -0.4 is 10.1 Å². The number of phenolic OH excluding ortho intramolecular Hbond substituents is 1. The second kappa shape index (κ2) is 8.41. The lowest BCUT2D eigenvalue weighted by atomic mass is 10.2. The lowest BCUT2D eigenvalue weighted by Crippen LogP contribution is -2.19. The lowest BCUT2D eigenvalue weighted by molar-refractivity contribution is -0.137. The van der Waals surface area contributed by atoms with Crippen LogP contribution in [0.25, 0.3) is 6.08 Å². The number of hydrogen-bond donors (Lipinski definition) is 3. The molecular weight excluding hydrogens is 368 g/mol. The van der Waals surface area contributed by atoms with Crippen LogP contribution >= 0.6 is 11.8 Å². The standard InChI is InChI=1S/C19H16N2O5S/c22-14-3-1-2-13(11-14)20-19-21-18(25)16(27-19)10-12-4-6-15(7-5-12)26-9-8-17(23)24/h1-7,10-11,22H,8-9H2,(H,23,24)(H,20,21,25)/b16-10-. The summed E-state index contributed by atoms with van der Waals surface area (Å²) in [7, 11) is 0. The molecule has 7 nitrogen and oxygen atoms in total. The van der Waals surface area contributed by atoms with Crippen molar-refractivity contribution in [2.45, 2.75) is 6.42 Å². The maximum Gasteiger partial charge on any atom is 0.306 e. The molecule has 0 aromatic heterocycles. The highest BCUT2D eigenvalue weighted by Crippen LogP contribution is 2.29. The van der Waals surface area contributed by atoms with E-state index in [0.717, 1.165) is 5.56 Å². The van der Waals surface area contributed by atoms with E-state index in [9.17, 15) is 14.7 Å². The minimum absolute atomic E-state index is 0.0656. The zero-order valence-corrected chi connectivity index (χ0v) is 14.9. The molecule has 1 aliphatic rings. The van der Waals surface area contributed by atoms with Gasteiger partial charge in [0.2, 0.25) is 0 Å². The predicted molar refractivity (Wildman–Crippen MR) is 103 cm³/mol. The zero-order valence-electron chi connectivity index (χ0n) is 14.1. The summed E-state index contributed by atoms with van der Waals surface area (Å²) in [6, 6.07) is 13.4. The molecule has 2 aromatic rings. The quantitative estimate of drug-likeness (QED) is 0.661. The van der Waals surface area contributed by atoms with E-state index in [2.05, 4.69) is 10.3 Å². The first-order valence-electron chi connectivity index (χ1n) is 8.03. The average Bonchev–Trinajstić information content (AvgIpc) is 2.95. The van der Waals surface area contributed by atoms with Crippen molar-refractivity contribution < 1.29 is 24.5 Å². The third-order valence-electron chi connectivity index (χ3n) is 3.47. The molecule has 0 radical (unpaired) electrons. The van der Waals surface area contributed by atoms with Gasteiger partial charge in [-0.25, -0.2) is 4.99 Å². The van der Waals surface area contributed by atoms with E-state index in [4.69, 9.17) is 9.84 Å². The summed E-state index contributed by atoms with van der Waals surface area (Å²) >= 11 is 1.21. The van der Waals surface area contributed by atoms with Crippen molar-refractivity contribution >= 4 is 40.6 Å². The van der Waals surface area contributed by atoms with Gasteiger partial charge in [0.15, 0.2) is 5.17 Å². The van der Waals surface area contributed by atoms with Gasteiger partial charge >= 0.3 is 5.97 Å². The van der Waals surface area contributed by atoms with Crippen molar-refractivity contribution in [2.75, 3.05) is 6.61 Å². The minimum atomic E-state index is -0.913. The summed E-state index contributed by atoms with van der Waals surface area (Å²) in [6.45, 7) is 0.100. The molecular formula is C19H16N2O5S. The first-order chi connectivity index (χ1) is 13.0. The Morgan fingerprint density at radius 3 is 2.70 bits per heavy atom. The van der Waals surface area contributed by atoms with Crippen LogP contribution in [0.5, 0.6) is 11.5 Å². The molecule has 3 rings (SSSR count). The van der Waals surface area contributed by atoms with Gasteiger partial charge in [-0.2, -0.15) is 0 Å². The summed E-state index contributed by atoms with van der Waals surface area (Å²) in [4.78, 5) is 27.4. The molecule has 0 spiro atoms. The van der Waals surface area contributed by atoms with Gasteiger partial charge in [0.05, 0.1) is 23.6 Å². The number of carboxylic acids is 1. The van der Waals surface area contributed by atoms with Gasteiger partial charge in [-0.3, -0.25) is 9.59 Å². The number of carboxylic acid groups (broad SMARTS) is 1. The number of nitrogens with zero attached hydrogens (tertiary/aromatic N) is 1. The fourth-order valence-corrected chi connectivity index (χ4v) is 3.07. The summed E-state index contributed by atoms with van der Waals surface area (Å²) in [5.74, 6) is -0.495. The Morgan fingerprint density at radius 2 is 2.00 bits per heavy atom. The highest BCUT2D eigenvalue weighted by Gasteiger charge is 2.23. The zero-order chi connectivity index (χ0) is 19.2. The van der Waals surface area contributed by atoms with Crippen molar-refractivity contribution in [2.24, 2.45) is 4.99 Å². The molecule has 1 heterocycles. The summed E-state index contributed by atoms with van der Waals surface area (Å²) in [5, 5.41) is 21.2. The largest absolute Gasteiger partial charge is 0.508 e. The first kappa shape index (κ1) is 18.5. The second-order valence-electron chi connectivity index (χ2n) is 5.56. The number of aliphatic carboxylic acids is 1. The molecule has 0 bridgehead atoms. The Hall–Kier alpha value is -3.26. The van der Waals surface area contributed by atoms with E-state index in [1.54, 1.807) is 48.5 Å². The monoisotopic (exact) mass is 384 g/mol. The van der Waals surface area contributed by atoms with E-state index in [0.29, 0.717) is 21.5 Å². The number of carbonyl (C=O) groups is 2. The number of hydrogen-bond acceptors (Lipinski definition) is 6. The Balaban J connectivity index is 1.66. The summed E-state index contributed by atoms with van der Waals surface area (Å²) < 4.78 is 5.33. The van der Waals surface area contributed by atoms with Gasteiger partial charge in [-0.1, -0.05) is 18.2 Å². The van der Waals surface area contributed by atoms with Crippen LogP contribution in [0, 0.1) is 0 Å². The van der Waals surface area contributed by atoms with Crippen LogP contribution in [0.15, 0.2) is 58.4 Å². The third kappa shape index (κ3) is 5.35. The molecule has 0 unspecified atom stereocenters. The number of phenols is 1. The Bertz CT molecular complexity index is 922. The molecule has 8 heteroatoms. The van der Waals surface area contributed by atoms with Crippen molar-refractivity contribution in [3.63, 3.8) is 0 Å². The number of aliphatic imine (C=N–C) groups is 1. The normalized spacial score (nSPS) is 16.5. The number of rotatable bonds is 6. The van der Waals surface area contributed by atoms with Gasteiger partial charge < -0.3 is 20.3 Å². The Morgan fingerprint density at radius 1 is 1.22 bits per heavy atom. The van der Waals surface area contributed by atoms with E-state index in [-0.39, 0.29) is 24.7 Å². The number of amidine groups is 1. The highest BCUT2D eigenvalue weighted by molar-refractivity contribution is 8.18. The van der Waals surface area contributed by atoms with Gasteiger partial charge in [-0.05, 0) is 47.7 Å². The number of thioether (sulfide) groups is 1. The molecule has 1 amide bonds. The Labute approximate surface area is 159 Å². The molecule has 1 aliphatic heterocycles. The van der Waals surface area contributed by atoms with Gasteiger partial charge in [-0.15, -0.1) is 0 Å². The second-order valence-corrected chi connectivity index (χ2v) is 6.59. The third-order valence-corrected chi connectivity index (χ3v) is 4.38. The van der Waals surface area contributed by atoms with E-state index >= 15 is 0 Å². The molecule has 3 N–H and O–H groups in total. The number of ether oxygens (including phenoxy) is 1. The molecule has 0 saturated carbocycles. The maximum atomic E-state index is 12.1. The van der Waals surface area contributed by atoms with E-state index in [1.165, 1.54) is 17.8 Å². The SMILES string of the molecule is O=C(O)CCOc1ccc(/C=C2\SC(=Nc3cccc(O)c3)NC2=O)cc1. The highest BCUT2D eigenvalue weighted by atomic mass is 32.2. The van der Waals surface area contributed by atoms with Gasteiger partial charge in [0.1, 0.15) is 11.5 Å². The van der Waals surface area contributed by atoms with Crippen molar-refractivity contribution in [3.8, 4) is 11.5 Å².